The number of anilines is 1. The van der Waals surface area contributed by atoms with Crippen molar-refractivity contribution < 1.29 is 18.0 Å². The summed E-state index contributed by atoms with van der Waals surface area (Å²) in [6.07, 6.45) is 3.15. The van der Waals surface area contributed by atoms with Gasteiger partial charge < -0.3 is 10.2 Å². The summed E-state index contributed by atoms with van der Waals surface area (Å²) in [7, 11) is -3.15. The maximum Gasteiger partial charge on any atom is 0.239 e. The van der Waals surface area contributed by atoms with Gasteiger partial charge in [0.15, 0.2) is 0 Å². The van der Waals surface area contributed by atoms with Crippen LogP contribution >= 0.6 is 15.9 Å². The number of sulfonamides is 1. The molecule has 0 aliphatic carbocycles. The summed E-state index contributed by atoms with van der Waals surface area (Å²) in [6.45, 7) is 1.97. The van der Waals surface area contributed by atoms with E-state index in [1.54, 1.807) is 4.90 Å². The number of halogens is 1. The molecule has 1 N–H and O–H groups in total. The Labute approximate surface area is 168 Å². The standard InChI is InChI=1S/C18H24BrN3O4S/c1-27(25,26)21-9-6-13(7-10-21)12-20-17(23)14-8-11-22(18(14)24)16-5-3-2-4-15(16)19/h2-5,13-14H,6-12H2,1H3,(H,20,23). The lowest BCUT2D eigenvalue weighted by molar-refractivity contribution is -0.132. The number of hydrogen-bond acceptors (Lipinski definition) is 4. The Kier molecular flexibility index (Phi) is 6.22. The van der Waals surface area contributed by atoms with Gasteiger partial charge in [-0.2, -0.15) is 0 Å². The van der Waals surface area contributed by atoms with E-state index in [0.717, 1.165) is 23.0 Å². The zero-order valence-electron chi connectivity index (χ0n) is 15.2. The number of nitrogens with one attached hydrogen (secondary N) is 1. The van der Waals surface area contributed by atoms with Gasteiger partial charge in [-0.3, -0.25) is 9.59 Å². The summed E-state index contributed by atoms with van der Waals surface area (Å²) in [5, 5.41) is 2.90. The monoisotopic (exact) mass is 457 g/mol. The van der Waals surface area contributed by atoms with Crippen molar-refractivity contribution in [2.24, 2.45) is 11.8 Å². The molecular weight excluding hydrogens is 434 g/mol. The van der Waals surface area contributed by atoms with Gasteiger partial charge in [-0.15, -0.1) is 0 Å². The van der Waals surface area contributed by atoms with E-state index >= 15 is 0 Å². The van der Waals surface area contributed by atoms with Crippen LogP contribution in [0.2, 0.25) is 0 Å². The first-order valence-corrected chi connectivity index (χ1v) is 11.7. The zero-order chi connectivity index (χ0) is 19.6. The minimum atomic E-state index is -3.15. The number of piperidine rings is 1. The van der Waals surface area contributed by atoms with Crippen molar-refractivity contribution >= 4 is 43.5 Å². The highest BCUT2D eigenvalue weighted by atomic mass is 79.9. The molecule has 0 aromatic heterocycles. The lowest BCUT2D eigenvalue weighted by atomic mass is 9.97. The molecule has 3 rings (SSSR count). The van der Waals surface area contributed by atoms with Crippen LogP contribution in [0, 0.1) is 11.8 Å². The second-order valence-electron chi connectivity index (χ2n) is 7.13. The Balaban J connectivity index is 1.51. The van der Waals surface area contributed by atoms with E-state index in [9.17, 15) is 18.0 Å². The fourth-order valence-electron chi connectivity index (χ4n) is 3.65. The molecule has 0 bridgehead atoms. The number of carbonyl (C=O) groups is 2. The lowest BCUT2D eigenvalue weighted by Gasteiger charge is -2.30. The molecule has 1 aromatic rings. The topological polar surface area (TPSA) is 86.8 Å². The molecule has 1 unspecified atom stereocenters. The summed E-state index contributed by atoms with van der Waals surface area (Å²) in [5.41, 5.74) is 0.783. The van der Waals surface area contributed by atoms with Crippen LogP contribution in [0.4, 0.5) is 5.69 Å². The summed E-state index contributed by atoms with van der Waals surface area (Å²) in [4.78, 5) is 26.8. The molecular formula is C18H24BrN3O4S. The Bertz CT molecular complexity index is 822. The van der Waals surface area contributed by atoms with E-state index in [1.165, 1.54) is 10.6 Å². The molecule has 0 radical (unpaired) electrons. The van der Waals surface area contributed by atoms with Crippen LogP contribution in [0.25, 0.3) is 0 Å². The van der Waals surface area contributed by atoms with Crippen LogP contribution in [0.3, 0.4) is 0 Å². The molecule has 2 saturated heterocycles. The minimum absolute atomic E-state index is 0.175. The van der Waals surface area contributed by atoms with E-state index in [-0.39, 0.29) is 17.7 Å². The molecule has 148 valence electrons. The predicted octanol–water partition coefficient (Wildman–Crippen LogP) is 1.59. The first-order valence-electron chi connectivity index (χ1n) is 9.06. The molecule has 1 atom stereocenters. The molecule has 2 fully saturated rings. The van der Waals surface area contributed by atoms with Gasteiger partial charge in [0, 0.05) is 30.7 Å². The normalized spacial score (nSPS) is 22.2. The molecule has 2 aliphatic heterocycles. The van der Waals surface area contributed by atoms with E-state index in [0.29, 0.717) is 32.6 Å². The third-order valence-corrected chi connectivity index (χ3v) is 7.25. The Morgan fingerprint density at radius 2 is 1.85 bits per heavy atom. The number of hydrogen-bond donors (Lipinski definition) is 1. The van der Waals surface area contributed by atoms with Crippen LogP contribution < -0.4 is 10.2 Å². The van der Waals surface area contributed by atoms with E-state index < -0.39 is 15.9 Å². The molecule has 2 aliphatic rings. The van der Waals surface area contributed by atoms with Crippen molar-refractivity contribution in [2.45, 2.75) is 19.3 Å². The predicted molar refractivity (Wildman–Crippen MR) is 107 cm³/mol. The average Bonchev–Trinajstić information content (AvgIpc) is 3.01. The van der Waals surface area contributed by atoms with Crippen molar-refractivity contribution in [1.82, 2.24) is 9.62 Å². The molecule has 2 amide bonds. The molecule has 7 nitrogen and oxygen atoms in total. The third-order valence-electron chi connectivity index (χ3n) is 5.27. The second kappa shape index (κ2) is 8.28. The summed E-state index contributed by atoms with van der Waals surface area (Å²) < 4.78 is 25.4. The first-order chi connectivity index (χ1) is 12.8. The number of benzene rings is 1. The summed E-state index contributed by atoms with van der Waals surface area (Å²) in [6, 6.07) is 7.48. The van der Waals surface area contributed by atoms with Gasteiger partial charge in [-0.25, -0.2) is 12.7 Å². The van der Waals surface area contributed by atoms with Crippen LogP contribution in [0.1, 0.15) is 19.3 Å². The highest BCUT2D eigenvalue weighted by molar-refractivity contribution is 9.10. The number of para-hydroxylation sites is 1. The van der Waals surface area contributed by atoms with Crippen molar-refractivity contribution in [2.75, 3.05) is 37.3 Å². The van der Waals surface area contributed by atoms with Gasteiger partial charge in [0.25, 0.3) is 0 Å². The molecule has 2 heterocycles. The number of amides is 2. The van der Waals surface area contributed by atoms with Crippen LogP contribution in [0.15, 0.2) is 28.7 Å². The van der Waals surface area contributed by atoms with Gasteiger partial charge in [0.05, 0.1) is 11.9 Å². The fourth-order valence-corrected chi connectivity index (χ4v) is 5.02. The van der Waals surface area contributed by atoms with Crippen molar-refractivity contribution in [1.29, 1.82) is 0 Å². The third kappa shape index (κ3) is 4.70. The minimum Gasteiger partial charge on any atom is -0.355 e. The largest absolute Gasteiger partial charge is 0.355 e. The lowest BCUT2D eigenvalue weighted by Crippen LogP contribution is -2.43. The Morgan fingerprint density at radius 1 is 1.19 bits per heavy atom. The van der Waals surface area contributed by atoms with Gasteiger partial charge in [-0.1, -0.05) is 12.1 Å². The maximum atomic E-state index is 12.7. The first kappa shape index (κ1) is 20.3. The molecule has 9 heteroatoms. The van der Waals surface area contributed by atoms with Crippen molar-refractivity contribution in [3.8, 4) is 0 Å². The highest BCUT2D eigenvalue weighted by Gasteiger charge is 2.38. The average molecular weight is 458 g/mol. The molecule has 1 aromatic carbocycles. The summed E-state index contributed by atoms with van der Waals surface area (Å²) in [5.74, 6) is -0.831. The van der Waals surface area contributed by atoms with Gasteiger partial charge in [0.1, 0.15) is 5.92 Å². The maximum absolute atomic E-state index is 12.7. The number of rotatable bonds is 5. The van der Waals surface area contributed by atoms with Gasteiger partial charge in [-0.05, 0) is 53.2 Å². The molecule has 27 heavy (non-hydrogen) atoms. The summed E-state index contributed by atoms with van der Waals surface area (Å²) >= 11 is 3.45. The second-order valence-corrected chi connectivity index (χ2v) is 9.97. The van der Waals surface area contributed by atoms with E-state index in [2.05, 4.69) is 21.2 Å². The quantitative estimate of drug-likeness (QED) is 0.680. The van der Waals surface area contributed by atoms with Crippen LogP contribution in [-0.2, 0) is 19.6 Å². The van der Waals surface area contributed by atoms with Crippen molar-refractivity contribution in [3.05, 3.63) is 28.7 Å². The highest BCUT2D eigenvalue weighted by Crippen LogP contribution is 2.31. The number of carbonyl (C=O) groups excluding carboxylic acids is 2. The smallest absolute Gasteiger partial charge is 0.239 e. The van der Waals surface area contributed by atoms with Crippen LogP contribution in [-0.4, -0.2) is 57.0 Å². The van der Waals surface area contributed by atoms with Gasteiger partial charge in [0.2, 0.25) is 21.8 Å². The SMILES string of the molecule is CS(=O)(=O)N1CCC(CNC(=O)C2CCN(c3ccccc3Br)C2=O)CC1. The van der Waals surface area contributed by atoms with Crippen LogP contribution in [0.5, 0.6) is 0 Å². The molecule has 0 spiro atoms. The fraction of sp³-hybridized carbons (Fsp3) is 0.556. The van der Waals surface area contributed by atoms with E-state index in [4.69, 9.17) is 0 Å². The zero-order valence-corrected chi connectivity index (χ0v) is 17.6. The molecule has 0 saturated carbocycles. The van der Waals surface area contributed by atoms with E-state index in [1.807, 2.05) is 24.3 Å². The van der Waals surface area contributed by atoms with Gasteiger partial charge >= 0.3 is 0 Å². The Morgan fingerprint density at radius 3 is 2.48 bits per heavy atom. The Hall–Kier alpha value is -1.45. The number of nitrogens with zero attached hydrogens (tertiary/aromatic N) is 2. The van der Waals surface area contributed by atoms with Crippen molar-refractivity contribution in [3.63, 3.8) is 0 Å².